The first kappa shape index (κ1) is 20.4. The minimum Gasteiger partial charge on any atom is -0.378 e. The number of carbonyl (C=O) groups is 1. The molecule has 0 bridgehead atoms. The summed E-state index contributed by atoms with van der Waals surface area (Å²) >= 11 is 0. The molecule has 2 aromatic rings. The predicted octanol–water partition coefficient (Wildman–Crippen LogP) is 1.19. The molecule has 0 saturated carbocycles. The highest BCUT2D eigenvalue weighted by molar-refractivity contribution is 7.90. The monoisotopic (exact) mass is 395 g/mol. The van der Waals surface area contributed by atoms with Gasteiger partial charge in [0, 0.05) is 38.2 Å². The molecule has 1 heterocycles. The van der Waals surface area contributed by atoms with E-state index in [1.165, 1.54) is 12.1 Å². The first-order chi connectivity index (χ1) is 12.5. The smallest absolute Gasteiger partial charge is 0.293 e. The van der Waals surface area contributed by atoms with Crippen molar-refractivity contribution in [3.05, 3.63) is 45.3 Å². The summed E-state index contributed by atoms with van der Waals surface area (Å²) in [4.78, 5) is 22.7. The molecule has 2 N–H and O–H groups in total. The molecule has 1 aromatic heterocycles. The molecule has 2 rings (SSSR count). The van der Waals surface area contributed by atoms with Gasteiger partial charge in [-0.1, -0.05) is 0 Å². The van der Waals surface area contributed by atoms with Crippen LogP contribution in [0.2, 0.25) is 0 Å². The van der Waals surface area contributed by atoms with Crippen molar-refractivity contribution in [2.45, 2.75) is 18.7 Å². The van der Waals surface area contributed by atoms with E-state index in [1.54, 1.807) is 25.6 Å². The van der Waals surface area contributed by atoms with Crippen LogP contribution in [0.5, 0.6) is 0 Å². The van der Waals surface area contributed by atoms with Crippen LogP contribution in [0.4, 0.5) is 11.4 Å². The van der Waals surface area contributed by atoms with Crippen LogP contribution in [-0.2, 0) is 16.9 Å². The minimum atomic E-state index is -3.55. The average molecular weight is 395 g/mol. The fourth-order valence-corrected chi connectivity index (χ4v) is 3.25. The van der Waals surface area contributed by atoms with Crippen LogP contribution < -0.4 is 10.6 Å². The lowest BCUT2D eigenvalue weighted by Crippen LogP contribution is -2.29. The molecule has 27 heavy (non-hydrogen) atoms. The van der Waals surface area contributed by atoms with E-state index in [1.807, 2.05) is 0 Å². The van der Waals surface area contributed by atoms with Gasteiger partial charge in [0.2, 0.25) is 0 Å². The maximum absolute atomic E-state index is 12.3. The molecule has 0 fully saturated rings. The molecule has 0 spiro atoms. The second-order valence-electron chi connectivity index (χ2n) is 6.06. The Bertz CT molecular complexity index is 997. The number of rotatable bonds is 7. The molecule has 1 aromatic carbocycles. The molecule has 0 radical (unpaired) electrons. The predicted molar refractivity (Wildman–Crippen MR) is 99.7 cm³/mol. The third-order valence-electron chi connectivity index (χ3n) is 4.06. The highest BCUT2D eigenvalue weighted by Gasteiger charge is 2.19. The Morgan fingerprint density at radius 3 is 2.48 bits per heavy atom. The summed E-state index contributed by atoms with van der Waals surface area (Å²) < 4.78 is 24.7. The Morgan fingerprint density at radius 1 is 1.30 bits per heavy atom. The molecule has 0 aliphatic carbocycles. The van der Waals surface area contributed by atoms with Crippen LogP contribution in [0.3, 0.4) is 0 Å². The van der Waals surface area contributed by atoms with E-state index < -0.39 is 14.8 Å². The van der Waals surface area contributed by atoms with E-state index in [2.05, 4.69) is 15.7 Å². The Morgan fingerprint density at radius 2 is 1.96 bits per heavy atom. The van der Waals surface area contributed by atoms with Gasteiger partial charge in [0.05, 0.1) is 21.1 Å². The van der Waals surface area contributed by atoms with Crippen molar-refractivity contribution in [2.24, 2.45) is 7.05 Å². The number of nitro groups is 1. The first-order valence-corrected chi connectivity index (χ1v) is 9.92. The number of aromatic nitrogens is 2. The standard InChI is InChI=1S/C16H21N5O5S/c1-10-15(11(2)20(3)19-10)16(22)18-8-7-17-13-6-5-12(27(4,25)26)9-14(13)21(23)24/h5-6,9,17H,7-8H2,1-4H3,(H,18,22). The zero-order valence-corrected chi connectivity index (χ0v) is 16.3. The van der Waals surface area contributed by atoms with E-state index >= 15 is 0 Å². The normalized spacial score (nSPS) is 11.3. The van der Waals surface area contributed by atoms with E-state index in [9.17, 15) is 23.3 Å². The van der Waals surface area contributed by atoms with Crippen molar-refractivity contribution < 1.29 is 18.1 Å². The fourth-order valence-electron chi connectivity index (χ4n) is 2.61. The number of amides is 1. The maximum atomic E-state index is 12.3. The summed E-state index contributed by atoms with van der Waals surface area (Å²) in [7, 11) is -1.80. The van der Waals surface area contributed by atoms with Gasteiger partial charge in [-0.3, -0.25) is 19.6 Å². The number of anilines is 1. The molecule has 11 heteroatoms. The van der Waals surface area contributed by atoms with Crippen LogP contribution in [0.15, 0.2) is 23.1 Å². The number of hydrogen-bond donors (Lipinski definition) is 2. The molecule has 0 saturated heterocycles. The van der Waals surface area contributed by atoms with Crippen molar-refractivity contribution in [1.82, 2.24) is 15.1 Å². The van der Waals surface area contributed by atoms with Gasteiger partial charge in [-0.05, 0) is 26.0 Å². The molecule has 1 amide bonds. The second-order valence-corrected chi connectivity index (χ2v) is 8.08. The Labute approximate surface area is 156 Å². The van der Waals surface area contributed by atoms with Gasteiger partial charge >= 0.3 is 0 Å². The Balaban J connectivity index is 2.03. The largest absolute Gasteiger partial charge is 0.378 e. The molecule has 146 valence electrons. The number of sulfone groups is 1. The number of carbonyl (C=O) groups excluding carboxylic acids is 1. The lowest BCUT2D eigenvalue weighted by Gasteiger charge is -2.09. The molecule has 0 atom stereocenters. The van der Waals surface area contributed by atoms with Crippen LogP contribution in [-0.4, -0.2) is 48.4 Å². The number of nitro benzene ring substituents is 1. The van der Waals surface area contributed by atoms with E-state index in [0.29, 0.717) is 11.3 Å². The number of benzene rings is 1. The fraction of sp³-hybridized carbons (Fsp3) is 0.375. The highest BCUT2D eigenvalue weighted by atomic mass is 32.2. The topological polar surface area (TPSA) is 136 Å². The van der Waals surface area contributed by atoms with E-state index in [0.717, 1.165) is 18.0 Å². The van der Waals surface area contributed by atoms with Crippen molar-refractivity contribution in [1.29, 1.82) is 0 Å². The van der Waals surface area contributed by atoms with Gasteiger partial charge in [0.25, 0.3) is 11.6 Å². The molecule has 0 unspecified atom stereocenters. The lowest BCUT2D eigenvalue weighted by atomic mass is 10.2. The number of hydrogen-bond acceptors (Lipinski definition) is 7. The van der Waals surface area contributed by atoms with Crippen molar-refractivity contribution in [3.63, 3.8) is 0 Å². The van der Waals surface area contributed by atoms with Gasteiger partial charge in [0.15, 0.2) is 9.84 Å². The summed E-state index contributed by atoms with van der Waals surface area (Å²) in [5, 5.41) is 20.9. The van der Waals surface area contributed by atoms with E-state index in [4.69, 9.17) is 0 Å². The molecule has 10 nitrogen and oxygen atoms in total. The minimum absolute atomic E-state index is 0.129. The van der Waals surface area contributed by atoms with Crippen molar-refractivity contribution in [3.8, 4) is 0 Å². The average Bonchev–Trinajstić information content (AvgIpc) is 2.82. The van der Waals surface area contributed by atoms with E-state index in [-0.39, 0.29) is 35.3 Å². The Hall–Kier alpha value is -2.95. The zero-order chi connectivity index (χ0) is 20.4. The van der Waals surface area contributed by atoms with Crippen molar-refractivity contribution in [2.75, 3.05) is 24.7 Å². The van der Waals surface area contributed by atoms with Gasteiger partial charge in [0.1, 0.15) is 5.69 Å². The van der Waals surface area contributed by atoms with Gasteiger partial charge < -0.3 is 10.6 Å². The summed E-state index contributed by atoms with van der Waals surface area (Å²) in [6, 6.07) is 3.65. The number of nitrogens with one attached hydrogen (secondary N) is 2. The van der Waals surface area contributed by atoms with Crippen LogP contribution >= 0.6 is 0 Å². The third kappa shape index (κ3) is 4.61. The van der Waals surface area contributed by atoms with Crippen molar-refractivity contribution >= 4 is 27.1 Å². The second kappa shape index (κ2) is 7.74. The molecular weight excluding hydrogens is 374 g/mol. The summed E-state index contributed by atoms with van der Waals surface area (Å²) in [5.74, 6) is -0.276. The maximum Gasteiger partial charge on any atom is 0.293 e. The summed E-state index contributed by atoms with van der Waals surface area (Å²) in [5.41, 5.74) is 1.69. The SMILES string of the molecule is Cc1nn(C)c(C)c1C(=O)NCCNc1ccc(S(C)(=O)=O)cc1[N+](=O)[O-]. The molecule has 0 aliphatic rings. The van der Waals surface area contributed by atoms with Gasteiger partial charge in [-0.2, -0.15) is 5.10 Å². The summed E-state index contributed by atoms with van der Waals surface area (Å²) in [6.07, 6.45) is 0.983. The lowest BCUT2D eigenvalue weighted by molar-refractivity contribution is -0.384. The molecule has 0 aliphatic heterocycles. The highest BCUT2D eigenvalue weighted by Crippen LogP contribution is 2.27. The Kier molecular flexibility index (Phi) is 5.84. The van der Waals surface area contributed by atoms with Gasteiger partial charge in [-0.15, -0.1) is 0 Å². The third-order valence-corrected chi connectivity index (χ3v) is 5.17. The molecular formula is C16H21N5O5S. The number of nitrogens with zero attached hydrogens (tertiary/aromatic N) is 3. The van der Waals surface area contributed by atoms with Crippen LogP contribution in [0, 0.1) is 24.0 Å². The van der Waals surface area contributed by atoms with Crippen LogP contribution in [0.1, 0.15) is 21.7 Å². The quantitative estimate of drug-likeness (QED) is 0.408. The first-order valence-electron chi connectivity index (χ1n) is 8.03. The summed E-state index contributed by atoms with van der Waals surface area (Å²) in [6.45, 7) is 3.98. The van der Waals surface area contributed by atoms with Gasteiger partial charge in [-0.25, -0.2) is 8.42 Å². The zero-order valence-electron chi connectivity index (χ0n) is 15.4. The van der Waals surface area contributed by atoms with Crippen LogP contribution in [0.25, 0.3) is 0 Å². The number of aryl methyl sites for hydroxylation is 2.